The second-order valence-electron chi connectivity index (χ2n) is 10.3. The van der Waals surface area contributed by atoms with Crippen molar-refractivity contribution in [1.29, 1.82) is 0 Å². The van der Waals surface area contributed by atoms with Crippen molar-refractivity contribution in [3.63, 3.8) is 0 Å². The molecule has 2 aliphatic carbocycles. The number of rotatable bonds is 6. The average Bonchev–Trinajstić information content (AvgIpc) is 3.50. The first-order valence-electron chi connectivity index (χ1n) is 13.4. The van der Waals surface area contributed by atoms with Crippen molar-refractivity contribution in [2.24, 2.45) is 11.8 Å². The van der Waals surface area contributed by atoms with E-state index in [1.165, 1.54) is 18.2 Å². The Morgan fingerprint density at radius 3 is 2.67 bits per heavy atom. The summed E-state index contributed by atoms with van der Waals surface area (Å²) in [4.78, 5) is 34.5. The quantitative estimate of drug-likeness (QED) is 0.318. The highest BCUT2D eigenvalue weighted by Gasteiger charge is 2.35. The van der Waals surface area contributed by atoms with Crippen LogP contribution in [0.25, 0.3) is 11.4 Å². The van der Waals surface area contributed by atoms with Gasteiger partial charge in [-0.2, -0.15) is 5.21 Å². The summed E-state index contributed by atoms with van der Waals surface area (Å²) in [5.74, 6) is -1.51. The van der Waals surface area contributed by atoms with Gasteiger partial charge in [0.2, 0.25) is 5.82 Å². The molecule has 0 aliphatic heterocycles. The minimum absolute atomic E-state index is 0.0139. The molecule has 4 aromatic rings. The van der Waals surface area contributed by atoms with Crippen LogP contribution in [0.15, 0.2) is 72.8 Å². The number of fused-ring (bicyclic) bond motifs is 2. The van der Waals surface area contributed by atoms with E-state index < -0.39 is 17.9 Å². The van der Waals surface area contributed by atoms with Gasteiger partial charge >= 0.3 is 0 Å². The van der Waals surface area contributed by atoms with Gasteiger partial charge in [0.1, 0.15) is 29.4 Å². The van der Waals surface area contributed by atoms with Crippen molar-refractivity contribution in [1.82, 2.24) is 41.2 Å². The summed E-state index contributed by atoms with van der Waals surface area (Å²) in [6, 6.07) is 11.2. The van der Waals surface area contributed by atoms with Crippen LogP contribution in [-0.2, 0) is 13.0 Å². The Bertz CT molecular complexity index is 1720. The van der Waals surface area contributed by atoms with Crippen molar-refractivity contribution >= 4 is 11.8 Å². The van der Waals surface area contributed by atoms with Crippen LogP contribution in [0.3, 0.4) is 0 Å². The number of carbonyl (C=O) groups excluding carboxylic acids is 2. The summed E-state index contributed by atoms with van der Waals surface area (Å²) in [5.41, 5.74) is 3.88. The van der Waals surface area contributed by atoms with Gasteiger partial charge < -0.3 is 10.6 Å². The van der Waals surface area contributed by atoms with E-state index in [4.69, 9.17) is 0 Å². The van der Waals surface area contributed by atoms with E-state index in [2.05, 4.69) is 41.2 Å². The molecular formula is C30H26F2N8O2. The maximum atomic E-state index is 14.2. The molecule has 0 spiro atoms. The summed E-state index contributed by atoms with van der Waals surface area (Å²) in [6.45, 7) is 1.81. The molecular weight excluding hydrogens is 542 g/mol. The number of amides is 2. The number of aromatic amines is 1. The van der Waals surface area contributed by atoms with Crippen LogP contribution in [-0.4, -0.2) is 42.4 Å². The number of nitrogens with one attached hydrogen (secondary N) is 3. The fraction of sp³-hybridized carbons (Fsp3) is 0.233. The Balaban J connectivity index is 1.24. The lowest BCUT2D eigenvalue weighted by atomic mass is 9.80. The second-order valence-corrected chi connectivity index (χ2v) is 10.3. The minimum Gasteiger partial charge on any atom is -0.347 e. The molecule has 0 saturated carbocycles. The Hall–Kier alpha value is -5.13. The van der Waals surface area contributed by atoms with Crippen LogP contribution >= 0.6 is 0 Å². The van der Waals surface area contributed by atoms with Crippen molar-refractivity contribution < 1.29 is 18.4 Å². The molecule has 2 amide bonds. The number of aryl methyl sites for hydroxylation is 2. The first kappa shape index (κ1) is 27.1. The third kappa shape index (κ3) is 5.55. The zero-order chi connectivity index (χ0) is 29.2. The molecule has 3 atom stereocenters. The monoisotopic (exact) mass is 568 g/mol. The standard InChI is InChI=1S/C30H26F2N8O2/c1-16-10-17(2-9-24(16)32)14-33-29(41)25-13-26(35-15-34-25)30(42)36-27-22-7-5-20(28-37-39-40-38-28)11-18(22)3-4-19-12-21(31)6-8-23(19)27/h2,5-13,15,19,23,27H,3-4,14H2,1H3,(H,33,41)(H,36,42)(H,37,38,39,40)/t19?,23?,27-/m0/s1. The number of benzene rings is 2. The number of hydrogen-bond donors (Lipinski definition) is 3. The van der Waals surface area contributed by atoms with Gasteiger partial charge in [0.25, 0.3) is 11.8 Å². The van der Waals surface area contributed by atoms with Gasteiger partial charge in [0, 0.05) is 24.1 Å². The van der Waals surface area contributed by atoms with E-state index in [1.807, 2.05) is 18.2 Å². The third-order valence-corrected chi connectivity index (χ3v) is 7.65. The molecule has 0 bridgehead atoms. The normalized spacial score (nSPS) is 19.2. The topological polar surface area (TPSA) is 138 Å². The lowest BCUT2D eigenvalue weighted by molar-refractivity contribution is 0.0916. The summed E-state index contributed by atoms with van der Waals surface area (Å²) >= 11 is 0. The molecule has 2 unspecified atom stereocenters. The number of halogens is 2. The first-order chi connectivity index (χ1) is 20.4. The van der Waals surface area contributed by atoms with Crippen LogP contribution in [0, 0.1) is 24.6 Å². The van der Waals surface area contributed by atoms with Crippen molar-refractivity contribution in [3.8, 4) is 11.4 Å². The van der Waals surface area contributed by atoms with Gasteiger partial charge in [-0.05, 0) is 77.4 Å². The van der Waals surface area contributed by atoms with Gasteiger partial charge in [0.15, 0.2) is 0 Å². The highest BCUT2D eigenvalue weighted by Crippen LogP contribution is 2.42. The molecule has 12 heteroatoms. The Kier molecular flexibility index (Phi) is 7.34. The van der Waals surface area contributed by atoms with Crippen LogP contribution in [0.4, 0.5) is 8.78 Å². The molecule has 0 radical (unpaired) electrons. The number of H-pyrrole nitrogens is 1. The number of carbonyl (C=O) groups is 2. The van der Waals surface area contributed by atoms with E-state index in [0.29, 0.717) is 24.2 Å². The zero-order valence-corrected chi connectivity index (χ0v) is 22.5. The SMILES string of the molecule is Cc1cc(CNC(=O)c2cc(C(=O)N[C@H]3c4ccc(-c5nn[nH]n5)cc4CCC4C=C(F)C=CC43)ncn2)ccc1F. The fourth-order valence-electron chi connectivity index (χ4n) is 5.51. The van der Waals surface area contributed by atoms with Gasteiger partial charge in [0.05, 0.1) is 6.04 Å². The smallest absolute Gasteiger partial charge is 0.270 e. The molecule has 212 valence electrons. The summed E-state index contributed by atoms with van der Waals surface area (Å²) in [7, 11) is 0. The highest BCUT2D eigenvalue weighted by atomic mass is 19.1. The Morgan fingerprint density at radius 2 is 1.88 bits per heavy atom. The third-order valence-electron chi connectivity index (χ3n) is 7.65. The lowest BCUT2D eigenvalue weighted by Crippen LogP contribution is -2.36. The molecule has 6 rings (SSSR count). The first-order valence-corrected chi connectivity index (χ1v) is 13.4. The zero-order valence-electron chi connectivity index (χ0n) is 22.5. The number of allylic oxidation sites excluding steroid dienone is 3. The van der Waals surface area contributed by atoms with E-state index in [-0.39, 0.29) is 41.4 Å². The van der Waals surface area contributed by atoms with Crippen molar-refractivity contribution in [2.75, 3.05) is 0 Å². The molecule has 3 N–H and O–H groups in total. The summed E-state index contributed by atoms with van der Waals surface area (Å²) in [6.07, 6.45) is 7.33. The number of nitrogens with zero attached hydrogens (tertiary/aromatic N) is 5. The van der Waals surface area contributed by atoms with Crippen molar-refractivity contribution in [3.05, 3.63) is 112 Å². The van der Waals surface area contributed by atoms with Crippen LogP contribution in [0.2, 0.25) is 0 Å². The predicted octanol–water partition coefficient (Wildman–Crippen LogP) is 4.11. The number of tetrazole rings is 1. The van der Waals surface area contributed by atoms with Gasteiger partial charge in [-0.15, -0.1) is 10.2 Å². The molecule has 0 saturated heterocycles. The van der Waals surface area contributed by atoms with Gasteiger partial charge in [-0.25, -0.2) is 18.7 Å². The summed E-state index contributed by atoms with van der Waals surface area (Å²) in [5, 5.41) is 20.0. The number of hydrogen-bond acceptors (Lipinski definition) is 7. The van der Waals surface area contributed by atoms with Crippen LogP contribution in [0.5, 0.6) is 0 Å². The molecule has 10 nitrogen and oxygen atoms in total. The molecule has 0 fully saturated rings. The Labute approximate surface area is 239 Å². The minimum atomic E-state index is -0.502. The van der Waals surface area contributed by atoms with Gasteiger partial charge in [-0.3, -0.25) is 9.59 Å². The maximum absolute atomic E-state index is 14.2. The van der Waals surface area contributed by atoms with E-state index in [1.54, 1.807) is 31.2 Å². The Morgan fingerprint density at radius 1 is 1.05 bits per heavy atom. The lowest BCUT2D eigenvalue weighted by Gasteiger charge is -2.31. The molecule has 2 aromatic heterocycles. The molecule has 2 aliphatic rings. The number of aromatic nitrogens is 6. The van der Waals surface area contributed by atoms with E-state index in [9.17, 15) is 18.4 Å². The second kappa shape index (κ2) is 11.4. The summed E-state index contributed by atoms with van der Waals surface area (Å²) < 4.78 is 27.8. The molecule has 2 aromatic carbocycles. The largest absolute Gasteiger partial charge is 0.347 e. The molecule has 42 heavy (non-hydrogen) atoms. The average molecular weight is 569 g/mol. The van der Waals surface area contributed by atoms with Crippen molar-refractivity contribution in [2.45, 2.75) is 32.4 Å². The van der Waals surface area contributed by atoms with E-state index >= 15 is 0 Å². The van der Waals surface area contributed by atoms with Gasteiger partial charge in [-0.1, -0.05) is 30.3 Å². The van der Waals surface area contributed by atoms with Crippen LogP contribution in [0.1, 0.15) is 55.7 Å². The highest BCUT2D eigenvalue weighted by molar-refractivity contribution is 5.97. The maximum Gasteiger partial charge on any atom is 0.270 e. The van der Waals surface area contributed by atoms with E-state index in [0.717, 1.165) is 28.6 Å². The van der Waals surface area contributed by atoms with Crippen LogP contribution < -0.4 is 10.6 Å². The molecule has 2 heterocycles. The predicted molar refractivity (Wildman–Crippen MR) is 148 cm³/mol. The fourth-order valence-corrected chi connectivity index (χ4v) is 5.51.